The van der Waals surface area contributed by atoms with E-state index in [4.69, 9.17) is 4.74 Å². The van der Waals surface area contributed by atoms with Gasteiger partial charge in [-0.05, 0) is 38.1 Å². The first-order valence-electron chi connectivity index (χ1n) is 15.6. The summed E-state index contributed by atoms with van der Waals surface area (Å²) in [5.41, 5.74) is -1.55. The number of aromatic nitrogens is 2. The number of amides is 4. The molecule has 0 spiro atoms. The number of hydrogen-bond acceptors (Lipinski definition) is 11. The van der Waals surface area contributed by atoms with Gasteiger partial charge in [0.1, 0.15) is 36.4 Å². The van der Waals surface area contributed by atoms with Gasteiger partial charge in [-0.3, -0.25) is 28.7 Å². The van der Waals surface area contributed by atoms with Crippen LogP contribution in [0.2, 0.25) is 0 Å². The van der Waals surface area contributed by atoms with E-state index in [0.717, 1.165) is 16.8 Å². The molecule has 4 amide bonds. The lowest BCUT2D eigenvalue weighted by atomic mass is 10.0. The Morgan fingerprint density at radius 2 is 1.56 bits per heavy atom. The number of H-pyrrole nitrogens is 1. The van der Waals surface area contributed by atoms with Crippen LogP contribution in [-0.4, -0.2) is 115 Å². The molecule has 2 rings (SSSR count). The van der Waals surface area contributed by atoms with Crippen molar-refractivity contribution in [1.82, 2.24) is 36.1 Å². The number of aromatic amines is 1. The molecule has 0 radical (unpaired) electrons. The van der Waals surface area contributed by atoms with Gasteiger partial charge in [0.05, 0.1) is 6.10 Å². The fourth-order valence-corrected chi connectivity index (χ4v) is 4.94. The summed E-state index contributed by atoms with van der Waals surface area (Å²) in [6.07, 6.45) is -4.29. The number of carbonyl (C=O) groups excluding carboxylic acids is 3. The number of aliphatic carboxylic acids is 2. The van der Waals surface area contributed by atoms with Gasteiger partial charge in [-0.2, -0.15) is 0 Å². The predicted octanol–water partition coefficient (Wildman–Crippen LogP) is -2.58. The average Bonchev–Trinajstić information content (AvgIpc) is 3.26. The van der Waals surface area contributed by atoms with Crippen molar-refractivity contribution in [3.8, 4) is 0 Å². The van der Waals surface area contributed by atoms with Crippen molar-refractivity contribution in [2.24, 2.45) is 11.8 Å². The Labute approximate surface area is 275 Å². The summed E-state index contributed by atoms with van der Waals surface area (Å²) in [6, 6.07) is -4.27. The highest BCUT2D eigenvalue weighted by atomic mass is 16.6. The maximum absolute atomic E-state index is 12.9. The zero-order valence-electron chi connectivity index (χ0n) is 27.5. The van der Waals surface area contributed by atoms with E-state index in [1.54, 1.807) is 13.8 Å². The van der Waals surface area contributed by atoms with Crippen LogP contribution in [0.3, 0.4) is 0 Å². The van der Waals surface area contributed by atoms with E-state index in [9.17, 15) is 54.0 Å². The van der Waals surface area contributed by atoms with Crippen molar-refractivity contribution in [2.45, 2.75) is 103 Å². The van der Waals surface area contributed by atoms with Crippen molar-refractivity contribution in [1.29, 1.82) is 0 Å². The first kappa shape index (κ1) is 39.8. The van der Waals surface area contributed by atoms with E-state index in [1.165, 1.54) is 6.92 Å². The lowest BCUT2D eigenvalue weighted by molar-refractivity contribution is -0.141. The fourth-order valence-electron chi connectivity index (χ4n) is 4.94. The summed E-state index contributed by atoms with van der Waals surface area (Å²) in [4.78, 5) is 86.6. The molecule has 0 aromatic carbocycles. The van der Waals surface area contributed by atoms with Gasteiger partial charge in [0, 0.05) is 25.2 Å². The number of nitrogens with one attached hydrogen (secondary N) is 6. The van der Waals surface area contributed by atoms with Gasteiger partial charge < -0.3 is 51.7 Å². The Kier molecular flexibility index (Phi) is 15.2. The highest BCUT2D eigenvalue weighted by Gasteiger charge is 2.45. The molecule has 19 nitrogen and oxygen atoms in total. The lowest BCUT2D eigenvalue weighted by Crippen LogP contribution is -2.56. The zero-order chi connectivity index (χ0) is 36.3. The Morgan fingerprint density at radius 3 is 2.12 bits per heavy atom. The van der Waals surface area contributed by atoms with E-state index in [0.29, 0.717) is 0 Å². The number of urea groups is 1. The van der Waals surface area contributed by atoms with E-state index < -0.39 is 95.7 Å². The van der Waals surface area contributed by atoms with Crippen molar-refractivity contribution < 1.29 is 49.1 Å². The van der Waals surface area contributed by atoms with Crippen LogP contribution in [0.5, 0.6) is 0 Å². The number of carboxylic acid groups (broad SMARTS) is 2. The molecule has 0 bridgehead atoms. The molecular weight excluding hydrogens is 638 g/mol. The van der Waals surface area contributed by atoms with Gasteiger partial charge >= 0.3 is 23.7 Å². The van der Waals surface area contributed by atoms with E-state index in [-0.39, 0.29) is 38.3 Å². The SMILES string of the molecule is CC(C)C[C@H](NC(=O)[C@H](C)NC(=O)N[C@H](C(=O)O)C(C)C)C(=O)NCCCN[C@@H](C[C@H]1O[C@@H](n2ccc(=O)[nH]c2=O)[C@H](O)[C@@H]1O)C(=O)O. The molecule has 2 heterocycles. The Hall–Kier alpha value is -4.33. The normalized spacial score (nSPS) is 21.6. The number of aliphatic hydroxyl groups excluding tert-OH is 2. The van der Waals surface area contributed by atoms with Crippen LogP contribution in [-0.2, 0) is 23.9 Å². The number of aliphatic hydroxyl groups is 2. The molecule has 0 saturated carbocycles. The predicted molar refractivity (Wildman–Crippen MR) is 168 cm³/mol. The third-order valence-corrected chi connectivity index (χ3v) is 7.57. The highest BCUT2D eigenvalue weighted by molar-refractivity contribution is 5.92. The molecule has 1 aliphatic rings. The lowest BCUT2D eigenvalue weighted by Gasteiger charge is -2.24. The van der Waals surface area contributed by atoms with E-state index in [2.05, 4.69) is 26.6 Å². The maximum Gasteiger partial charge on any atom is 0.330 e. The van der Waals surface area contributed by atoms with Crippen LogP contribution >= 0.6 is 0 Å². The first-order chi connectivity index (χ1) is 22.4. The molecular formula is C29H47N7O12. The molecule has 1 aliphatic heterocycles. The number of carboxylic acids is 2. The number of rotatable bonds is 18. The van der Waals surface area contributed by atoms with Gasteiger partial charge in [-0.25, -0.2) is 14.4 Å². The van der Waals surface area contributed by atoms with Crippen LogP contribution in [0.4, 0.5) is 4.79 Å². The largest absolute Gasteiger partial charge is 0.480 e. The molecule has 270 valence electrons. The van der Waals surface area contributed by atoms with Crippen LogP contribution in [0.1, 0.15) is 60.1 Å². The monoisotopic (exact) mass is 685 g/mol. The average molecular weight is 686 g/mol. The molecule has 1 saturated heterocycles. The Morgan fingerprint density at radius 1 is 0.896 bits per heavy atom. The molecule has 1 aromatic rings. The topological polar surface area (TPSA) is 291 Å². The second-order valence-electron chi connectivity index (χ2n) is 12.4. The van der Waals surface area contributed by atoms with Crippen LogP contribution in [0.25, 0.3) is 0 Å². The quantitative estimate of drug-likeness (QED) is 0.0712. The molecule has 1 aromatic heterocycles. The minimum atomic E-state index is -1.58. The Bertz CT molecular complexity index is 1400. The fraction of sp³-hybridized carbons (Fsp3) is 0.690. The van der Waals surface area contributed by atoms with Crippen LogP contribution in [0, 0.1) is 11.8 Å². The maximum atomic E-state index is 12.9. The standard InChI is InChI=1S/C29H47N7O12/c1-13(2)11-16(33-23(40)15(5)32-28(46)35-20(14(3)4)27(44)45)24(41)31-9-6-8-30-17(26(42)43)12-18-21(38)22(39)25(48-18)36-10-7-19(37)34-29(36)47/h7,10,13-18,20-22,25,30,38-39H,6,8-9,11-12H2,1-5H3,(H,31,41)(H,33,40)(H,42,43)(H,44,45)(H2,32,35,46)(H,34,37,47)/t15-,16-,17-,18+,20-,21+,22+,25+/m0/s1. The molecule has 0 unspecified atom stereocenters. The summed E-state index contributed by atoms with van der Waals surface area (Å²) in [7, 11) is 0. The molecule has 19 heteroatoms. The second kappa shape index (κ2) is 18.3. The molecule has 8 atom stereocenters. The molecule has 0 aliphatic carbocycles. The number of carbonyl (C=O) groups is 5. The summed E-state index contributed by atoms with van der Waals surface area (Å²) in [6.45, 7) is 8.52. The van der Waals surface area contributed by atoms with Gasteiger partial charge in [0.2, 0.25) is 11.8 Å². The molecule has 10 N–H and O–H groups in total. The van der Waals surface area contributed by atoms with Gasteiger partial charge in [0.15, 0.2) is 6.23 Å². The smallest absolute Gasteiger partial charge is 0.330 e. The summed E-state index contributed by atoms with van der Waals surface area (Å²) >= 11 is 0. The van der Waals surface area contributed by atoms with Crippen molar-refractivity contribution >= 4 is 29.8 Å². The first-order valence-corrected chi connectivity index (χ1v) is 15.6. The summed E-state index contributed by atoms with van der Waals surface area (Å²) < 4.78 is 6.47. The van der Waals surface area contributed by atoms with Crippen molar-refractivity contribution in [2.75, 3.05) is 13.1 Å². The van der Waals surface area contributed by atoms with Crippen LogP contribution in [0.15, 0.2) is 21.9 Å². The zero-order valence-corrected chi connectivity index (χ0v) is 27.5. The highest BCUT2D eigenvalue weighted by Crippen LogP contribution is 2.30. The summed E-state index contributed by atoms with van der Waals surface area (Å²) in [5, 5.41) is 52.6. The van der Waals surface area contributed by atoms with E-state index in [1.807, 2.05) is 18.8 Å². The van der Waals surface area contributed by atoms with E-state index >= 15 is 0 Å². The van der Waals surface area contributed by atoms with Crippen molar-refractivity contribution in [3.05, 3.63) is 33.1 Å². The second-order valence-corrected chi connectivity index (χ2v) is 12.4. The Balaban J connectivity index is 1.87. The molecule has 1 fully saturated rings. The summed E-state index contributed by atoms with van der Waals surface area (Å²) in [5.74, 6) is -4.06. The van der Waals surface area contributed by atoms with Crippen LogP contribution < -0.4 is 37.8 Å². The van der Waals surface area contributed by atoms with Crippen molar-refractivity contribution in [3.63, 3.8) is 0 Å². The minimum absolute atomic E-state index is 0.00190. The number of nitrogens with zero attached hydrogens (tertiary/aromatic N) is 1. The number of hydrogen-bond donors (Lipinski definition) is 10. The van der Waals surface area contributed by atoms with Gasteiger partial charge in [0.25, 0.3) is 5.56 Å². The minimum Gasteiger partial charge on any atom is -0.480 e. The van der Waals surface area contributed by atoms with Gasteiger partial charge in [-0.1, -0.05) is 27.7 Å². The van der Waals surface area contributed by atoms with Gasteiger partial charge in [-0.15, -0.1) is 0 Å². The third kappa shape index (κ3) is 11.7. The number of ether oxygens (including phenoxy) is 1. The molecule has 48 heavy (non-hydrogen) atoms. The third-order valence-electron chi connectivity index (χ3n) is 7.57.